The summed E-state index contributed by atoms with van der Waals surface area (Å²) in [6.07, 6.45) is -1.23. The molecule has 0 aliphatic rings. The van der Waals surface area contributed by atoms with E-state index >= 15 is 0 Å². The summed E-state index contributed by atoms with van der Waals surface area (Å²) in [6, 6.07) is 26.3. The number of alkyl halides is 3. The Bertz CT molecular complexity index is 1930. The van der Waals surface area contributed by atoms with Gasteiger partial charge in [-0.15, -0.1) is 0 Å². The molecule has 51 heavy (non-hydrogen) atoms. The van der Waals surface area contributed by atoms with Gasteiger partial charge >= 0.3 is 12.1 Å². The highest BCUT2D eigenvalue weighted by atomic mass is 19.4. The van der Waals surface area contributed by atoms with Gasteiger partial charge in [0.2, 0.25) is 5.95 Å². The second kappa shape index (κ2) is 16.6. The summed E-state index contributed by atoms with van der Waals surface area (Å²) < 4.78 is 53.5. The molecule has 10 heteroatoms. The summed E-state index contributed by atoms with van der Waals surface area (Å²) in [5, 5.41) is 8.92. The van der Waals surface area contributed by atoms with E-state index < -0.39 is 17.7 Å². The van der Waals surface area contributed by atoms with Crippen LogP contribution >= 0.6 is 0 Å². The van der Waals surface area contributed by atoms with Gasteiger partial charge in [-0.2, -0.15) is 13.2 Å². The van der Waals surface area contributed by atoms with Crippen molar-refractivity contribution in [2.24, 2.45) is 0 Å². The molecule has 0 aliphatic heterocycles. The Morgan fingerprint density at radius 3 is 2.25 bits per heavy atom. The molecular formula is C41H42F3N3O4. The van der Waals surface area contributed by atoms with Crippen LogP contribution in [0.4, 0.5) is 19.1 Å². The van der Waals surface area contributed by atoms with Crippen LogP contribution in [0.25, 0.3) is 11.1 Å². The van der Waals surface area contributed by atoms with Crippen LogP contribution in [0.15, 0.2) is 97.3 Å². The summed E-state index contributed by atoms with van der Waals surface area (Å²) >= 11 is 0. The maximum absolute atomic E-state index is 13.9. The molecule has 0 atom stereocenters. The Balaban J connectivity index is 1.55. The predicted octanol–water partition coefficient (Wildman–Crippen LogP) is 9.93. The molecule has 0 radical (unpaired) electrons. The zero-order valence-corrected chi connectivity index (χ0v) is 29.2. The molecular weight excluding hydrogens is 655 g/mol. The number of benzene rings is 4. The summed E-state index contributed by atoms with van der Waals surface area (Å²) in [4.78, 5) is 21.8. The second-order valence-corrected chi connectivity index (χ2v) is 12.9. The monoisotopic (exact) mass is 697 g/mol. The minimum atomic E-state index is -4.50. The summed E-state index contributed by atoms with van der Waals surface area (Å²) in [6.45, 7) is 8.87. The molecule has 4 aromatic carbocycles. The molecule has 1 heterocycles. The second-order valence-electron chi connectivity index (χ2n) is 12.9. The fourth-order valence-corrected chi connectivity index (χ4v) is 5.78. The largest absolute Gasteiger partial charge is 0.490 e. The molecule has 1 aromatic heterocycles. The fraction of sp³-hybridized carbons (Fsp3) is 0.293. The molecule has 0 aliphatic carbocycles. The summed E-state index contributed by atoms with van der Waals surface area (Å²) in [7, 11) is 0. The zero-order valence-electron chi connectivity index (χ0n) is 29.2. The third kappa shape index (κ3) is 10.3. The van der Waals surface area contributed by atoms with Crippen molar-refractivity contribution in [3.05, 3.63) is 136 Å². The van der Waals surface area contributed by atoms with Crippen molar-refractivity contribution in [1.82, 2.24) is 9.97 Å². The molecule has 0 saturated carbocycles. The number of anilines is 1. The normalized spacial score (nSPS) is 11.5. The first-order chi connectivity index (χ1) is 24.4. The van der Waals surface area contributed by atoms with Crippen molar-refractivity contribution in [1.29, 1.82) is 0 Å². The highest BCUT2D eigenvalue weighted by Gasteiger charge is 2.31. The van der Waals surface area contributed by atoms with Crippen molar-refractivity contribution in [3.63, 3.8) is 0 Å². The van der Waals surface area contributed by atoms with E-state index in [2.05, 4.69) is 48.9 Å². The summed E-state index contributed by atoms with van der Waals surface area (Å²) in [5.74, 6) is 0.691. The minimum Gasteiger partial charge on any atom is -0.490 e. The van der Waals surface area contributed by atoms with Crippen molar-refractivity contribution < 1.29 is 32.5 Å². The molecule has 0 amide bonds. The lowest BCUT2D eigenvalue weighted by Gasteiger charge is -2.26. The number of rotatable bonds is 15. The Morgan fingerprint density at radius 1 is 0.824 bits per heavy atom. The highest BCUT2D eigenvalue weighted by molar-refractivity contribution is 5.73. The Labute approximate surface area is 296 Å². The van der Waals surface area contributed by atoms with E-state index in [0.29, 0.717) is 41.6 Å². The van der Waals surface area contributed by atoms with Crippen LogP contribution in [0.1, 0.15) is 71.6 Å². The lowest BCUT2D eigenvalue weighted by Crippen LogP contribution is -2.25. The van der Waals surface area contributed by atoms with E-state index in [4.69, 9.17) is 14.6 Å². The molecule has 7 nitrogen and oxygen atoms in total. The number of halogens is 3. The lowest BCUT2D eigenvalue weighted by atomic mass is 9.91. The maximum atomic E-state index is 13.9. The number of aliphatic carboxylic acids is 1. The van der Waals surface area contributed by atoms with E-state index in [1.54, 1.807) is 13.0 Å². The van der Waals surface area contributed by atoms with Crippen molar-refractivity contribution in [2.45, 2.75) is 72.3 Å². The van der Waals surface area contributed by atoms with Gasteiger partial charge in [-0.25, -0.2) is 9.97 Å². The molecule has 0 fully saturated rings. The molecule has 5 aromatic rings. The van der Waals surface area contributed by atoms with Crippen LogP contribution in [0.5, 0.6) is 11.5 Å². The molecule has 0 bridgehead atoms. The van der Waals surface area contributed by atoms with Crippen LogP contribution in [-0.2, 0) is 30.7 Å². The Kier molecular flexibility index (Phi) is 12.0. The smallest absolute Gasteiger partial charge is 0.416 e. The topological polar surface area (TPSA) is 84.8 Å². The first-order valence-electron chi connectivity index (χ1n) is 16.9. The van der Waals surface area contributed by atoms with E-state index in [1.165, 1.54) is 18.0 Å². The Hall–Kier alpha value is -5.38. The number of hydrogen-bond donors (Lipinski definition) is 1. The fourth-order valence-electron chi connectivity index (χ4n) is 5.78. The number of hydrogen-bond acceptors (Lipinski definition) is 6. The quantitative estimate of drug-likeness (QED) is 0.109. The number of carbonyl (C=O) groups is 1. The SMILES string of the molecule is Cc1cc(CN(Cc2cc(OCc3ccccc3)ccc2-c2cc(C(C)C)ccc2C)c2ncc(OCCCC(=O)O)cn2)cc(C(F)(F)F)c1. The van der Waals surface area contributed by atoms with Gasteiger partial charge < -0.3 is 19.5 Å². The first kappa shape index (κ1) is 36.9. The van der Waals surface area contributed by atoms with Gasteiger partial charge in [0.25, 0.3) is 0 Å². The van der Waals surface area contributed by atoms with Gasteiger partial charge in [-0.05, 0) is 89.4 Å². The minimum absolute atomic E-state index is 0.0286. The van der Waals surface area contributed by atoms with Gasteiger partial charge in [-0.3, -0.25) is 4.79 Å². The van der Waals surface area contributed by atoms with E-state index in [9.17, 15) is 18.0 Å². The van der Waals surface area contributed by atoms with Crippen LogP contribution in [0.2, 0.25) is 0 Å². The number of aromatic nitrogens is 2. The average molecular weight is 698 g/mol. The molecule has 1 N–H and O–H groups in total. The van der Waals surface area contributed by atoms with Crippen molar-refractivity contribution in [3.8, 4) is 22.6 Å². The predicted molar refractivity (Wildman–Crippen MR) is 192 cm³/mol. The first-order valence-corrected chi connectivity index (χ1v) is 16.9. The highest BCUT2D eigenvalue weighted by Crippen LogP contribution is 2.35. The van der Waals surface area contributed by atoms with E-state index in [-0.39, 0.29) is 32.1 Å². The third-order valence-corrected chi connectivity index (χ3v) is 8.44. The molecule has 0 spiro atoms. The van der Waals surface area contributed by atoms with Gasteiger partial charge in [-0.1, -0.05) is 80.1 Å². The van der Waals surface area contributed by atoms with Gasteiger partial charge in [0, 0.05) is 19.5 Å². The van der Waals surface area contributed by atoms with Crippen molar-refractivity contribution in [2.75, 3.05) is 11.5 Å². The number of nitrogens with zero attached hydrogens (tertiary/aromatic N) is 3. The van der Waals surface area contributed by atoms with Gasteiger partial charge in [0.15, 0.2) is 5.75 Å². The van der Waals surface area contributed by atoms with E-state index in [0.717, 1.165) is 39.9 Å². The van der Waals surface area contributed by atoms with Crippen LogP contribution in [0.3, 0.4) is 0 Å². The van der Waals surface area contributed by atoms with Crippen LogP contribution < -0.4 is 14.4 Å². The zero-order chi connectivity index (χ0) is 36.5. The van der Waals surface area contributed by atoms with E-state index in [1.807, 2.05) is 53.4 Å². The molecule has 5 rings (SSSR count). The lowest BCUT2D eigenvalue weighted by molar-refractivity contribution is -0.138. The molecule has 0 saturated heterocycles. The van der Waals surface area contributed by atoms with Crippen LogP contribution in [-0.4, -0.2) is 27.7 Å². The number of aryl methyl sites for hydroxylation is 2. The molecule has 0 unspecified atom stereocenters. The third-order valence-electron chi connectivity index (χ3n) is 8.44. The van der Waals surface area contributed by atoms with Crippen LogP contribution in [0, 0.1) is 13.8 Å². The number of carboxylic acids is 1. The molecule has 266 valence electrons. The standard InChI is InChI=1S/C41H42F3N3O4/c1-27(2)32-13-12-29(4)38(21-32)37-15-14-35(51-26-30-9-6-5-7-10-30)20-33(37)25-47(24-31-17-28(3)18-34(19-31)41(42,43)44)40-45-22-36(23-46-40)50-16-8-11-39(48)49/h5-7,9-10,12-15,17-23,27H,8,11,16,24-26H2,1-4H3,(H,48,49). The summed E-state index contributed by atoms with van der Waals surface area (Å²) in [5.41, 5.74) is 6.40. The average Bonchev–Trinajstić information content (AvgIpc) is 3.09. The van der Waals surface area contributed by atoms with Gasteiger partial charge in [0.1, 0.15) is 12.4 Å². The number of carboxylic acid groups (broad SMARTS) is 1. The Morgan fingerprint density at radius 2 is 1.57 bits per heavy atom. The van der Waals surface area contributed by atoms with Crippen molar-refractivity contribution >= 4 is 11.9 Å². The van der Waals surface area contributed by atoms with Gasteiger partial charge in [0.05, 0.1) is 24.6 Å². The maximum Gasteiger partial charge on any atom is 0.416 e. The number of ether oxygens (including phenoxy) is 2.